The maximum Gasteiger partial charge on any atom is 0.416 e. The molecule has 0 fully saturated rings. The summed E-state index contributed by atoms with van der Waals surface area (Å²) in [6.45, 7) is 0.947. The first-order valence-electron chi connectivity index (χ1n) is 6.54. The zero-order chi connectivity index (χ0) is 17.4. The number of carbonyl (C=O) groups is 2. The molecule has 0 bridgehead atoms. The number of halogens is 3. The molecular formula is C14H13F3N2O4. The van der Waals surface area contributed by atoms with Crippen LogP contribution >= 0.6 is 0 Å². The van der Waals surface area contributed by atoms with Gasteiger partial charge in [-0.15, -0.1) is 0 Å². The summed E-state index contributed by atoms with van der Waals surface area (Å²) >= 11 is 0. The van der Waals surface area contributed by atoms with E-state index >= 15 is 0 Å². The van der Waals surface area contributed by atoms with Crippen LogP contribution in [-0.4, -0.2) is 39.6 Å². The lowest BCUT2D eigenvalue weighted by atomic mass is 9.85. The molecule has 0 saturated heterocycles. The summed E-state index contributed by atoms with van der Waals surface area (Å²) in [7, 11) is 0. The molecule has 124 valence electrons. The number of hydrogen-bond acceptors (Lipinski definition) is 3. The van der Waals surface area contributed by atoms with Gasteiger partial charge in [0.1, 0.15) is 12.6 Å². The molecule has 1 aromatic carbocycles. The SMILES string of the molecule is CC1=NCN(C(=O)O)C(c2ccccc2C(F)(F)F)C1C(=O)O. The third kappa shape index (κ3) is 3.13. The largest absolute Gasteiger partial charge is 0.481 e. The molecule has 2 unspecified atom stereocenters. The van der Waals surface area contributed by atoms with E-state index in [-0.39, 0.29) is 5.71 Å². The summed E-state index contributed by atoms with van der Waals surface area (Å²) in [6, 6.07) is 2.87. The van der Waals surface area contributed by atoms with Crippen molar-refractivity contribution in [2.75, 3.05) is 6.67 Å². The molecule has 0 aromatic heterocycles. The number of benzene rings is 1. The van der Waals surface area contributed by atoms with E-state index < -0.39 is 48.0 Å². The van der Waals surface area contributed by atoms with E-state index in [1.807, 2.05) is 0 Å². The van der Waals surface area contributed by atoms with Gasteiger partial charge in [-0.2, -0.15) is 13.2 Å². The lowest BCUT2D eigenvalue weighted by Crippen LogP contribution is -2.47. The lowest BCUT2D eigenvalue weighted by Gasteiger charge is -2.37. The van der Waals surface area contributed by atoms with Gasteiger partial charge in [0, 0.05) is 5.71 Å². The lowest BCUT2D eigenvalue weighted by molar-refractivity contribution is -0.144. The van der Waals surface area contributed by atoms with Crippen LogP contribution in [0.1, 0.15) is 24.1 Å². The first-order valence-corrected chi connectivity index (χ1v) is 6.54. The predicted molar refractivity (Wildman–Crippen MR) is 73.2 cm³/mol. The van der Waals surface area contributed by atoms with Crippen LogP contribution in [0.15, 0.2) is 29.3 Å². The summed E-state index contributed by atoms with van der Waals surface area (Å²) in [5.41, 5.74) is -1.38. The molecule has 2 rings (SSSR count). The number of amides is 1. The van der Waals surface area contributed by atoms with Gasteiger partial charge < -0.3 is 10.2 Å². The van der Waals surface area contributed by atoms with Crippen molar-refractivity contribution in [2.24, 2.45) is 10.9 Å². The second kappa shape index (κ2) is 5.90. The maximum absolute atomic E-state index is 13.2. The minimum atomic E-state index is -4.73. The van der Waals surface area contributed by atoms with Gasteiger partial charge in [-0.25, -0.2) is 4.79 Å². The highest BCUT2D eigenvalue weighted by Crippen LogP contribution is 2.41. The van der Waals surface area contributed by atoms with Crippen LogP contribution in [0.25, 0.3) is 0 Å². The van der Waals surface area contributed by atoms with E-state index in [0.717, 1.165) is 18.2 Å². The molecule has 1 aliphatic rings. The quantitative estimate of drug-likeness (QED) is 0.872. The molecule has 0 saturated carbocycles. The van der Waals surface area contributed by atoms with Gasteiger partial charge >= 0.3 is 18.2 Å². The van der Waals surface area contributed by atoms with Gasteiger partial charge in [0.25, 0.3) is 0 Å². The van der Waals surface area contributed by atoms with Gasteiger partial charge in [-0.1, -0.05) is 18.2 Å². The van der Waals surface area contributed by atoms with E-state index in [1.165, 1.54) is 13.0 Å². The Labute approximate surface area is 128 Å². The van der Waals surface area contributed by atoms with Crippen molar-refractivity contribution in [1.29, 1.82) is 0 Å². The average molecular weight is 330 g/mol. The second-order valence-electron chi connectivity index (χ2n) is 5.04. The van der Waals surface area contributed by atoms with Gasteiger partial charge in [0.15, 0.2) is 0 Å². The normalized spacial score (nSPS) is 21.7. The van der Waals surface area contributed by atoms with Crippen LogP contribution in [0.5, 0.6) is 0 Å². The fraction of sp³-hybridized carbons (Fsp3) is 0.357. The highest BCUT2D eigenvalue weighted by Gasteiger charge is 2.45. The highest BCUT2D eigenvalue weighted by molar-refractivity contribution is 6.02. The number of carboxylic acid groups (broad SMARTS) is 2. The number of rotatable bonds is 2. The molecule has 1 amide bonds. The third-order valence-corrected chi connectivity index (χ3v) is 3.67. The molecule has 9 heteroatoms. The molecule has 6 nitrogen and oxygen atoms in total. The standard InChI is InChI=1S/C14H13F3N2O4/c1-7-10(12(20)21)11(19(6-18-7)13(22)23)8-4-2-3-5-9(8)14(15,16)17/h2-5,10-11H,6H2,1H3,(H,20,21)(H,22,23). The number of hydrogen-bond donors (Lipinski definition) is 2. The fourth-order valence-electron chi connectivity index (χ4n) is 2.64. The molecule has 1 heterocycles. The van der Waals surface area contributed by atoms with Gasteiger partial charge in [-0.3, -0.25) is 14.7 Å². The van der Waals surface area contributed by atoms with Gasteiger partial charge in [0.05, 0.1) is 11.6 Å². The van der Waals surface area contributed by atoms with E-state index in [9.17, 15) is 33.0 Å². The fourth-order valence-corrected chi connectivity index (χ4v) is 2.64. The monoisotopic (exact) mass is 330 g/mol. The van der Waals surface area contributed by atoms with E-state index in [4.69, 9.17) is 0 Å². The average Bonchev–Trinajstić information content (AvgIpc) is 2.45. The highest BCUT2D eigenvalue weighted by atomic mass is 19.4. The van der Waals surface area contributed by atoms with Crippen molar-refractivity contribution in [3.05, 3.63) is 35.4 Å². The summed E-state index contributed by atoms with van der Waals surface area (Å²) in [5, 5.41) is 18.6. The number of nitrogens with zero attached hydrogens (tertiary/aromatic N) is 2. The van der Waals surface area contributed by atoms with E-state index in [1.54, 1.807) is 0 Å². The van der Waals surface area contributed by atoms with Crippen LogP contribution in [-0.2, 0) is 11.0 Å². The molecular weight excluding hydrogens is 317 g/mol. The Balaban J connectivity index is 2.67. The number of carboxylic acids is 1. The first-order chi connectivity index (χ1) is 10.6. The Morgan fingerprint density at radius 3 is 2.39 bits per heavy atom. The third-order valence-electron chi connectivity index (χ3n) is 3.67. The molecule has 2 atom stereocenters. The van der Waals surface area contributed by atoms with Gasteiger partial charge in [-0.05, 0) is 18.6 Å². The van der Waals surface area contributed by atoms with Crippen LogP contribution in [0.4, 0.5) is 18.0 Å². The van der Waals surface area contributed by atoms with Crippen molar-refractivity contribution in [2.45, 2.75) is 19.1 Å². The zero-order valence-electron chi connectivity index (χ0n) is 11.9. The van der Waals surface area contributed by atoms with Crippen molar-refractivity contribution in [3.63, 3.8) is 0 Å². The van der Waals surface area contributed by atoms with Crippen LogP contribution in [0.3, 0.4) is 0 Å². The number of alkyl halides is 3. The van der Waals surface area contributed by atoms with Gasteiger partial charge in [0.2, 0.25) is 0 Å². The number of aliphatic imine (C=N–C) groups is 1. The molecule has 0 spiro atoms. The second-order valence-corrected chi connectivity index (χ2v) is 5.04. The van der Waals surface area contributed by atoms with E-state index in [2.05, 4.69) is 4.99 Å². The van der Waals surface area contributed by atoms with Crippen molar-refractivity contribution in [1.82, 2.24) is 4.90 Å². The summed E-state index contributed by atoms with van der Waals surface area (Å²) in [5.74, 6) is -2.91. The smallest absolute Gasteiger partial charge is 0.416 e. The van der Waals surface area contributed by atoms with Crippen molar-refractivity contribution in [3.8, 4) is 0 Å². The predicted octanol–water partition coefficient (Wildman–Crippen LogP) is 2.86. The van der Waals surface area contributed by atoms with Crippen LogP contribution in [0.2, 0.25) is 0 Å². The van der Waals surface area contributed by atoms with Crippen molar-refractivity contribution < 1.29 is 33.0 Å². The van der Waals surface area contributed by atoms with Crippen LogP contribution < -0.4 is 0 Å². The Bertz CT molecular complexity index is 672. The topological polar surface area (TPSA) is 90.2 Å². The molecule has 0 aliphatic carbocycles. The Hall–Kier alpha value is -2.58. The summed E-state index contributed by atoms with van der Waals surface area (Å²) in [4.78, 5) is 27.3. The van der Waals surface area contributed by atoms with E-state index in [0.29, 0.717) is 4.90 Å². The van der Waals surface area contributed by atoms with Crippen molar-refractivity contribution >= 4 is 17.8 Å². The minimum absolute atomic E-state index is 0.0805. The zero-order valence-corrected chi connectivity index (χ0v) is 11.9. The Morgan fingerprint density at radius 2 is 1.87 bits per heavy atom. The van der Waals surface area contributed by atoms with Crippen LogP contribution in [0, 0.1) is 5.92 Å². The summed E-state index contributed by atoms with van der Waals surface area (Å²) < 4.78 is 39.6. The molecule has 2 N–H and O–H groups in total. The first kappa shape index (κ1) is 16.8. The maximum atomic E-state index is 13.2. The molecule has 1 aromatic rings. The molecule has 0 radical (unpaired) electrons. The molecule has 1 aliphatic heterocycles. The Kier molecular flexibility index (Phi) is 4.31. The Morgan fingerprint density at radius 1 is 1.26 bits per heavy atom. The number of aliphatic carboxylic acids is 1. The molecule has 23 heavy (non-hydrogen) atoms. The summed E-state index contributed by atoms with van der Waals surface area (Å²) in [6.07, 6.45) is -6.26. The minimum Gasteiger partial charge on any atom is -0.481 e.